The van der Waals surface area contributed by atoms with Crippen LogP contribution in [0.4, 0.5) is 13.2 Å². The average Bonchev–Trinajstić information content (AvgIpc) is 2.33. The number of amides is 1. The third-order valence-corrected chi connectivity index (χ3v) is 2.81. The summed E-state index contributed by atoms with van der Waals surface area (Å²) < 4.78 is 39.8. The van der Waals surface area contributed by atoms with Gasteiger partial charge in [0.1, 0.15) is 6.61 Å². The summed E-state index contributed by atoms with van der Waals surface area (Å²) in [7, 11) is 0. The number of nitrogens with zero attached hydrogens (tertiary/aromatic N) is 2. The van der Waals surface area contributed by atoms with Gasteiger partial charge in [-0.25, -0.2) is 0 Å². The summed E-state index contributed by atoms with van der Waals surface area (Å²) in [5.41, 5.74) is 0. The summed E-state index contributed by atoms with van der Waals surface area (Å²) in [5.74, 6) is -1.20. The molecule has 1 aliphatic heterocycles. The normalized spacial score (nSPS) is 17.2. The van der Waals surface area contributed by atoms with Crippen LogP contribution in [0.1, 0.15) is 6.42 Å². The molecule has 0 aromatic rings. The zero-order chi connectivity index (χ0) is 15.2. The molecule has 0 aromatic heterocycles. The Morgan fingerprint density at radius 1 is 1.15 bits per heavy atom. The van der Waals surface area contributed by atoms with Gasteiger partial charge in [0, 0.05) is 26.2 Å². The zero-order valence-electron chi connectivity index (χ0n) is 10.9. The van der Waals surface area contributed by atoms with Gasteiger partial charge in [-0.1, -0.05) is 0 Å². The number of rotatable bonds is 6. The Kier molecular flexibility index (Phi) is 6.21. The van der Waals surface area contributed by atoms with Crippen molar-refractivity contribution in [3.05, 3.63) is 0 Å². The molecule has 0 atom stereocenters. The van der Waals surface area contributed by atoms with Gasteiger partial charge in [0.15, 0.2) is 0 Å². The number of piperazine rings is 1. The highest BCUT2D eigenvalue weighted by atomic mass is 19.4. The van der Waals surface area contributed by atoms with Crippen molar-refractivity contribution in [2.24, 2.45) is 0 Å². The molecule has 20 heavy (non-hydrogen) atoms. The van der Waals surface area contributed by atoms with E-state index in [1.165, 1.54) is 4.90 Å². The first-order valence-electron chi connectivity index (χ1n) is 6.14. The van der Waals surface area contributed by atoms with Crippen molar-refractivity contribution < 1.29 is 32.6 Å². The van der Waals surface area contributed by atoms with Crippen molar-refractivity contribution in [1.29, 1.82) is 0 Å². The maximum atomic E-state index is 11.8. The highest BCUT2D eigenvalue weighted by molar-refractivity contribution is 5.76. The monoisotopic (exact) mass is 298 g/mol. The lowest BCUT2D eigenvalue weighted by Crippen LogP contribution is -2.50. The molecule has 1 saturated heterocycles. The molecule has 1 heterocycles. The standard InChI is InChI=1S/C11H17F3N2O4/c12-11(13,14)8-20-6-1-9(17)16-4-2-15(3-5-16)7-10(18)19/h1-8H2,(H,18,19). The predicted octanol–water partition coefficient (Wildman–Crippen LogP) is 0.184. The van der Waals surface area contributed by atoms with Gasteiger partial charge >= 0.3 is 12.1 Å². The first kappa shape index (κ1) is 16.7. The van der Waals surface area contributed by atoms with Gasteiger partial charge in [0.25, 0.3) is 0 Å². The molecule has 116 valence electrons. The van der Waals surface area contributed by atoms with Crippen LogP contribution in [0.25, 0.3) is 0 Å². The Bertz CT molecular complexity index is 341. The molecular formula is C11H17F3N2O4. The Morgan fingerprint density at radius 2 is 1.75 bits per heavy atom. The Hall–Kier alpha value is -1.35. The van der Waals surface area contributed by atoms with Crippen LogP contribution in [0.2, 0.25) is 0 Å². The number of alkyl halides is 3. The maximum Gasteiger partial charge on any atom is 0.411 e. The number of carbonyl (C=O) groups is 2. The molecule has 1 rings (SSSR count). The fourth-order valence-corrected chi connectivity index (χ4v) is 1.85. The number of hydrogen-bond donors (Lipinski definition) is 1. The first-order valence-corrected chi connectivity index (χ1v) is 6.14. The highest BCUT2D eigenvalue weighted by Gasteiger charge is 2.28. The van der Waals surface area contributed by atoms with Crippen molar-refractivity contribution in [3.8, 4) is 0 Å². The molecule has 9 heteroatoms. The largest absolute Gasteiger partial charge is 0.480 e. The van der Waals surface area contributed by atoms with E-state index in [9.17, 15) is 22.8 Å². The van der Waals surface area contributed by atoms with Crippen molar-refractivity contribution in [3.63, 3.8) is 0 Å². The molecule has 0 unspecified atom stereocenters. The molecule has 1 N–H and O–H groups in total. The van der Waals surface area contributed by atoms with Gasteiger partial charge in [0.2, 0.25) is 5.91 Å². The average molecular weight is 298 g/mol. The number of carboxylic acid groups (broad SMARTS) is 1. The number of carboxylic acids is 1. The second-order valence-corrected chi connectivity index (χ2v) is 4.47. The molecule has 0 aliphatic carbocycles. The van der Waals surface area contributed by atoms with Gasteiger partial charge in [-0.2, -0.15) is 13.2 Å². The second kappa shape index (κ2) is 7.44. The van der Waals surface area contributed by atoms with Crippen LogP contribution in [-0.2, 0) is 14.3 Å². The molecule has 0 bridgehead atoms. The van der Waals surface area contributed by atoms with Crippen LogP contribution in [-0.4, -0.2) is 78.9 Å². The van der Waals surface area contributed by atoms with E-state index in [0.717, 1.165) is 0 Å². The minimum atomic E-state index is -4.38. The van der Waals surface area contributed by atoms with E-state index in [0.29, 0.717) is 26.2 Å². The Balaban J connectivity index is 2.18. The van der Waals surface area contributed by atoms with Crippen LogP contribution in [0, 0.1) is 0 Å². The van der Waals surface area contributed by atoms with E-state index < -0.39 is 18.8 Å². The first-order chi connectivity index (χ1) is 9.28. The lowest BCUT2D eigenvalue weighted by molar-refractivity contribution is -0.175. The van der Waals surface area contributed by atoms with Crippen molar-refractivity contribution in [1.82, 2.24) is 9.80 Å². The molecule has 1 amide bonds. The summed E-state index contributed by atoms with van der Waals surface area (Å²) in [6, 6.07) is 0. The van der Waals surface area contributed by atoms with Crippen LogP contribution >= 0.6 is 0 Å². The molecule has 1 aliphatic rings. The topological polar surface area (TPSA) is 70.1 Å². The van der Waals surface area contributed by atoms with Crippen LogP contribution < -0.4 is 0 Å². The minimum absolute atomic E-state index is 0.0727. The Labute approximate surface area is 114 Å². The van der Waals surface area contributed by atoms with Gasteiger partial charge in [-0.05, 0) is 0 Å². The number of carbonyl (C=O) groups excluding carboxylic acids is 1. The maximum absolute atomic E-state index is 11.8. The van der Waals surface area contributed by atoms with Crippen LogP contribution in [0.15, 0.2) is 0 Å². The molecule has 1 fully saturated rings. The molecule has 0 saturated carbocycles. The summed E-state index contributed by atoms with van der Waals surface area (Å²) in [4.78, 5) is 25.4. The lowest BCUT2D eigenvalue weighted by atomic mass is 10.3. The van der Waals surface area contributed by atoms with Crippen molar-refractivity contribution in [2.75, 3.05) is 45.9 Å². The Morgan fingerprint density at radius 3 is 2.25 bits per heavy atom. The SMILES string of the molecule is O=C(O)CN1CCN(C(=O)CCOCC(F)(F)F)CC1. The predicted molar refractivity (Wildman–Crippen MR) is 62.1 cm³/mol. The van der Waals surface area contributed by atoms with E-state index in [-0.39, 0.29) is 25.5 Å². The third-order valence-electron chi connectivity index (χ3n) is 2.81. The molecule has 0 radical (unpaired) electrons. The summed E-state index contributed by atoms with van der Waals surface area (Å²) in [6.07, 6.45) is -4.49. The van der Waals surface area contributed by atoms with Gasteiger partial charge in [-0.3, -0.25) is 14.5 Å². The van der Waals surface area contributed by atoms with E-state index in [4.69, 9.17) is 5.11 Å². The van der Waals surface area contributed by atoms with Crippen LogP contribution in [0.3, 0.4) is 0 Å². The van der Waals surface area contributed by atoms with E-state index >= 15 is 0 Å². The second-order valence-electron chi connectivity index (χ2n) is 4.47. The van der Waals surface area contributed by atoms with Gasteiger partial charge in [0.05, 0.1) is 19.6 Å². The molecular weight excluding hydrogens is 281 g/mol. The fraction of sp³-hybridized carbons (Fsp3) is 0.818. The molecule has 0 spiro atoms. The number of hydrogen-bond acceptors (Lipinski definition) is 4. The van der Waals surface area contributed by atoms with E-state index in [1.54, 1.807) is 4.90 Å². The van der Waals surface area contributed by atoms with Crippen molar-refractivity contribution in [2.45, 2.75) is 12.6 Å². The van der Waals surface area contributed by atoms with Crippen LogP contribution in [0.5, 0.6) is 0 Å². The summed E-state index contributed by atoms with van der Waals surface area (Å²) in [5, 5.41) is 8.62. The minimum Gasteiger partial charge on any atom is -0.480 e. The van der Waals surface area contributed by atoms with Crippen molar-refractivity contribution >= 4 is 11.9 Å². The quantitative estimate of drug-likeness (QED) is 0.709. The van der Waals surface area contributed by atoms with Gasteiger partial charge in [-0.15, -0.1) is 0 Å². The highest BCUT2D eigenvalue weighted by Crippen LogP contribution is 2.14. The van der Waals surface area contributed by atoms with Gasteiger partial charge < -0.3 is 14.7 Å². The van der Waals surface area contributed by atoms with E-state index in [2.05, 4.69) is 4.74 Å². The zero-order valence-corrected chi connectivity index (χ0v) is 10.9. The fourth-order valence-electron chi connectivity index (χ4n) is 1.85. The summed E-state index contributed by atoms with van der Waals surface area (Å²) in [6.45, 7) is -0.0449. The molecule has 0 aromatic carbocycles. The summed E-state index contributed by atoms with van der Waals surface area (Å²) >= 11 is 0. The lowest BCUT2D eigenvalue weighted by Gasteiger charge is -2.33. The molecule has 6 nitrogen and oxygen atoms in total. The number of halogens is 3. The van der Waals surface area contributed by atoms with E-state index in [1.807, 2.05) is 0 Å². The number of ether oxygens (including phenoxy) is 1. The smallest absolute Gasteiger partial charge is 0.411 e. The number of aliphatic carboxylic acids is 1. The third kappa shape index (κ3) is 6.71.